The third kappa shape index (κ3) is 4.75. The predicted octanol–water partition coefficient (Wildman–Crippen LogP) is 4.13. The zero-order chi connectivity index (χ0) is 19.4. The van der Waals surface area contributed by atoms with Crippen molar-refractivity contribution in [2.24, 2.45) is 0 Å². The monoisotopic (exact) mass is 400 g/mol. The minimum absolute atomic E-state index is 0.122. The Morgan fingerprint density at radius 2 is 1.70 bits per heavy atom. The predicted molar refractivity (Wildman–Crippen MR) is 109 cm³/mol. The van der Waals surface area contributed by atoms with Gasteiger partial charge < -0.3 is 4.90 Å². The highest BCUT2D eigenvalue weighted by Gasteiger charge is 2.16. The third-order valence-corrected chi connectivity index (χ3v) is 6.81. The van der Waals surface area contributed by atoms with Gasteiger partial charge in [0.15, 0.2) is 0 Å². The normalized spacial score (nSPS) is 11.2. The molecule has 0 saturated carbocycles. The molecule has 1 N–H and O–H groups in total. The van der Waals surface area contributed by atoms with Crippen LogP contribution in [0.3, 0.4) is 0 Å². The molecule has 3 aromatic rings. The van der Waals surface area contributed by atoms with Gasteiger partial charge in [0.1, 0.15) is 4.21 Å². The van der Waals surface area contributed by atoms with Crippen LogP contribution in [0.5, 0.6) is 0 Å². The number of amides is 1. The molecule has 0 unspecified atom stereocenters. The van der Waals surface area contributed by atoms with E-state index in [1.54, 1.807) is 53.7 Å². The number of carbonyl (C=O) groups excluding carboxylic acids is 1. The Morgan fingerprint density at radius 3 is 2.30 bits per heavy atom. The van der Waals surface area contributed by atoms with Gasteiger partial charge in [-0.05, 0) is 48.2 Å². The van der Waals surface area contributed by atoms with E-state index in [4.69, 9.17) is 0 Å². The van der Waals surface area contributed by atoms with Crippen molar-refractivity contribution in [1.29, 1.82) is 0 Å². The smallest absolute Gasteiger partial charge is 0.271 e. The van der Waals surface area contributed by atoms with Gasteiger partial charge in [0, 0.05) is 24.8 Å². The van der Waals surface area contributed by atoms with Gasteiger partial charge in [-0.2, -0.15) is 0 Å². The van der Waals surface area contributed by atoms with Crippen molar-refractivity contribution >= 4 is 33.0 Å². The second-order valence-electron chi connectivity index (χ2n) is 6.26. The lowest BCUT2D eigenvalue weighted by Crippen LogP contribution is -2.26. The fourth-order valence-corrected chi connectivity index (χ4v) is 4.61. The first-order valence-electron chi connectivity index (χ1n) is 8.32. The van der Waals surface area contributed by atoms with Crippen LogP contribution in [0.15, 0.2) is 70.3 Å². The Bertz CT molecular complexity index is 1010. The van der Waals surface area contributed by atoms with Crippen molar-refractivity contribution in [3.8, 4) is 0 Å². The molecule has 140 valence electrons. The van der Waals surface area contributed by atoms with Crippen LogP contribution < -0.4 is 4.72 Å². The Hall–Kier alpha value is -2.64. The van der Waals surface area contributed by atoms with E-state index in [9.17, 15) is 13.2 Å². The van der Waals surface area contributed by atoms with E-state index in [2.05, 4.69) is 4.72 Å². The second kappa shape index (κ2) is 7.94. The molecule has 0 atom stereocenters. The van der Waals surface area contributed by atoms with Crippen LogP contribution in [0.25, 0.3) is 0 Å². The second-order valence-corrected chi connectivity index (χ2v) is 9.12. The van der Waals surface area contributed by atoms with E-state index in [1.165, 1.54) is 5.56 Å². The standard InChI is InChI=1S/C20H20N2O3S2/c1-15-5-7-16(8-6-15)14-22(2)20(23)17-9-11-18(12-10-17)21-27(24,25)19-4-3-13-26-19/h3-13,21H,14H2,1-2H3. The van der Waals surface area contributed by atoms with Crippen LogP contribution in [0, 0.1) is 6.92 Å². The van der Waals surface area contributed by atoms with Gasteiger partial charge in [-0.1, -0.05) is 35.9 Å². The Labute approximate surface area is 163 Å². The summed E-state index contributed by atoms with van der Waals surface area (Å²) in [5.74, 6) is -0.122. The Kier molecular flexibility index (Phi) is 5.62. The largest absolute Gasteiger partial charge is 0.337 e. The molecule has 1 heterocycles. The van der Waals surface area contributed by atoms with Crippen molar-refractivity contribution in [3.05, 3.63) is 82.7 Å². The average Bonchev–Trinajstić information content (AvgIpc) is 3.19. The molecule has 0 bridgehead atoms. The van der Waals surface area contributed by atoms with E-state index < -0.39 is 10.0 Å². The van der Waals surface area contributed by atoms with E-state index >= 15 is 0 Å². The molecule has 0 aliphatic rings. The third-order valence-electron chi connectivity index (χ3n) is 4.03. The maximum atomic E-state index is 12.6. The number of aryl methyl sites for hydroxylation is 1. The molecule has 0 radical (unpaired) electrons. The summed E-state index contributed by atoms with van der Waals surface area (Å²) in [4.78, 5) is 14.2. The Balaban J connectivity index is 1.67. The van der Waals surface area contributed by atoms with Gasteiger partial charge in [-0.25, -0.2) is 8.42 Å². The average molecular weight is 401 g/mol. The van der Waals surface area contributed by atoms with Gasteiger partial charge in [0.25, 0.3) is 15.9 Å². The number of hydrogen-bond acceptors (Lipinski definition) is 4. The molecule has 5 nitrogen and oxygen atoms in total. The summed E-state index contributed by atoms with van der Waals surface area (Å²) in [6, 6.07) is 17.7. The topological polar surface area (TPSA) is 66.5 Å². The van der Waals surface area contributed by atoms with E-state index in [0.29, 0.717) is 17.8 Å². The van der Waals surface area contributed by atoms with Crippen molar-refractivity contribution < 1.29 is 13.2 Å². The molecule has 1 amide bonds. The van der Waals surface area contributed by atoms with Crippen molar-refractivity contribution in [2.75, 3.05) is 11.8 Å². The number of carbonyl (C=O) groups is 1. The number of thiophene rings is 1. The molecule has 0 spiro atoms. The first-order chi connectivity index (χ1) is 12.8. The number of benzene rings is 2. The van der Waals surface area contributed by atoms with Crippen LogP contribution in [0.4, 0.5) is 5.69 Å². The summed E-state index contributed by atoms with van der Waals surface area (Å²) in [7, 11) is -1.84. The molecule has 2 aromatic carbocycles. The van der Waals surface area contributed by atoms with Crippen molar-refractivity contribution in [1.82, 2.24) is 4.90 Å². The van der Waals surface area contributed by atoms with Crippen LogP contribution in [-0.4, -0.2) is 26.3 Å². The summed E-state index contributed by atoms with van der Waals surface area (Å²) in [6.45, 7) is 2.53. The number of hydrogen-bond donors (Lipinski definition) is 1. The summed E-state index contributed by atoms with van der Waals surface area (Å²) in [5, 5.41) is 1.71. The molecule has 1 aromatic heterocycles. The lowest BCUT2D eigenvalue weighted by Gasteiger charge is -2.18. The molecule has 3 rings (SSSR count). The molecule has 7 heteroatoms. The lowest BCUT2D eigenvalue weighted by atomic mass is 10.1. The summed E-state index contributed by atoms with van der Waals surface area (Å²) in [5.41, 5.74) is 3.15. The summed E-state index contributed by atoms with van der Waals surface area (Å²) >= 11 is 1.15. The van der Waals surface area contributed by atoms with Crippen LogP contribution in [0.2, 0.25) is 0 Å². The van der Waals surface area contributed by atoms with Gasteiger partial charge in [-0.3, -0.25) is 9.52 Å². The summed E-state index contributed by atoms with van der Waals surface area (Å²) < 4.78 is 27.3. The van der Waals surface area contributed by atoms with Crippen LogP contribution in [0.1, 0.15) is 21.5 Å². The van der Waals surface area contributed by atoms with Gasteiger partial charge >= 0.3 is 0 Å². The van der Waals surface area contributed by atoms with Crippen LogP contribution >= 0.6 is 11.3 Å². The van der Waals surface area contributed by atoms with E-state index in [-0.39, 0.29) is 10.1 Å². The number of sulfonamides is 1. The first kappa shape index (κ1) is 19.1. The van der Waals surface area contributed by atoms with Gasteiger partial charge in [-0.15, -0.1) is 11.3 Å². The minimum Gasteiger partial charge on any atom is -0.337 e. The quantitative estimate of drug-likeness (QED) is 0.677. The highest BCUT2D eigenvalue weighted by atomic mass is 32.2. The zero-order valence-corrected chi connectivity index (χ0v) is 16.7. The Morgan fingerprint density at radius 1 is 1.04 bits per heavy atom. The van der Waals surface area contributed by atoms with Crippen molar-refractivity contribution in [3.63, 3.8) is 0 Å². The molecule has 0 fully saturated rings. The minimum atomic E-state index is -3.59. The molecule has 0 aliphatic heterocycles. The SMILES string of the molecule is Cc1ccc(CN(C)C(=O)c2ccc(NS(=O)(=O)c3cccs3)cc2)cc1. The fraction of sp³-hybridized carbons (Fsp3) is 0.150. The van der Waals surface area contributed by atoms with Gasteiger partial charge in [0.05, 0.1) is 0 Å². The fourth-order valence-electron chi connectivity index (χ4n) is 2.56. The number of rotatable bonds is 6. The zero-order valence-electron chi connectivity index (χ0n) is 15.0. The number of nitrogens with one attached hydrogen (secondary N) is 1. The number of anilines is 1. The maximum Gasteiger partial charge on any atom is 0.271 e. The highest BCUT2D eigenvalue weighted by molar-refractivity contribution is 7.94. The summed E-state index contributed by atoms with van der Waals surface area (Å²) in [6.07, 6.45) is 0. The van der Waals surface area contributed by atoms with Crippen LogP contribution in [-0.2, 0) is 16.6 Å². The maximum absolute atomic E-state index is 12.6. The molecule has 0 aliphatic carbocycles. The first-order valence-corrected chi connectivity index (χ1v) is 10.7. The van der Waals surface area contributed by atoms with Crippen molar-refractivity contribution in [2.45, 2.75) is 17.7 Å². The van der Waals surface area contributed by atoms with E-state index in [0.717, 1.165) is 16.9 Å². The van der Waals surface area contributed by atoms with E-state index in [1.807, 2.05) is 31.2 Å². The number of nitrogens with zero attached hydrogens (tertiary/aromatic N) is 1. The van der Waals surface area contributed by atoms with Gasteiger partial charge in [0.2, 0.25) is 0 Å². The highest BCUT2D eigenvalue weighted by Crippen LogP contribution is 2.21. The lowest BCUT2D eigenvalue weighted by molar-refractivity contribution is 0.0785. The molecular weight excluding hydrogens is 380 g/mol. The molecule has 0 saturated heterocycles. The molecule has 27 heavy (non-hydrogen) atoms. The molecular formula is C20H20N2O3S2.